The highest BCUT2D eigenvalue weighted by atomic mass is 16.2. The van der Waals surface area contributed by atoms with Crippen molar-refractivity contribution in [1.82, 2.24) is 29.5 Å². The molecule has 0 radical (unpaired) electrons. The van der Waals surface area contributed by atoms with Gasteiger partial charge in [-0.05, 0) is 33.0 Å². The molecule has 2 aromatic heterocycles. The monoisotopic (exact) mass is 426 g/mol. The molecule has 0 aliphatic carbocycles. The van der Waals surface area contributed by atoms with E-state index in [1.165, 1.54) is 10.9 Å². The number of aryl methyl sites for hydroxylation is 1. The standard InChI is InChI=1S/C21H30N8O2/c1-16-17(2)22-15-29(21(16)31)14-20(30)28-12-10-27(11-13-28)19-5-4-18(23-24-19)26-8-6-25(3)7-9-26/h4-5,15H,6-14H2,1-3H3. The molecule has 0 saturated carbocycles. The van der Waals surface area contributed by atoms with Crippen LogP contribution in [0, 0.1) is 13.8 Å². The van der Waals surface area contributed by atoms with Crippen LogP contribution in [-0.4, -0.2) is 94.9 Å². The van der Waals surface area contributed by atoms with Crippen LogP contribution in [0.5, 0.6) is 0 Å². The molecule has 0 atom stereocenters. The molecular weight excluding hydrogens is 396 g/mol. The molecule has 2 aliphatic rings. The summed E-state index contributed by atoms with van der Waals surface area (Å²) in [6, 6.07) is 4.04. The van der Waals surface area contributed by atoms with E-state index in [2.05, 4.69) is 36.9 Å². The van der Waals surface area contributed by atoms with Crippen LogP contribution in [0.4, 0.5) is 11.6 Å². The second-order valence-electron chi connectivity index (χ2n) is 8.30. The number of piperazine rings is 2. The molecule has 0 unspecified atom stereocenters. The topological polar surface area (TPSA) is 90.7 Å². The Morgan fingerprint density at radius 3 is 2.00 bits per heavy atom. The highest BCUT2D eigenvalue weighted by molar-refractivity contribution is 5.76. The number of carbonyl (C=O) groups excluding carboxylic acids is 1. The van der Waals surface area contributed by atoms with E-state index in [0.717, 1.165) is 37.8 Å². The SMILES string of the molecule is Cc1ncn(CC(=O)N2CCN(c3ccc(N4CCN(C)CC4)nn3)CC2)c(=O)c1C. The fourth-order valence-electron chi connectivity index (χ4n) is 3.91. The molecule has 10 nitrogen and oxygen atoms in total. The Balaban J connectivity index is 1.32. The highest BCUT2D eigenvalue weighted by Gasteiger charge is 2.23. The van der Waals surface area contributed by atoms with E-state index in [4.69, 9.17) is 0 Å². The first kappa shape index (κ1) is 21.2. The first-order chi connectivity index (χ1) is 14.9. The van der Waals surface area contributed by atoms with Crippen molar-refractivity contribution in [3.63, 3.8) is 0 Å². The van der Waals surface area contributed by atoms with Crippen molar-refractivity contribution in [2.45, 2.75) is 20.4 Å². The Bertz CT molecular complexity index is 974. The second-order valence-corrected chi connectivity index (χ2v) is 8.30. The molecule has 1 amide bonds. The third-order valence-electron chi connectivity index (χ3n) is 6.24. The number of likely N-dealkylation sites (N-methyl/N-ethyl adjacent to an activating group) is 1. The largest absolute Gasteiger partial charge is 0.353 e. The van der Waals surface area contributed by atoms with E-state index in [0.29, 0.717) is 37.4 Å². The highest BCUT2D eigenvalue weighted by Crippen LogP contribution is 2.17. The normalized spacial score (nSPS) is 17.8. The molecule has 0 N–H and O–H groups in total. The molecule has 4 heterocycles. The fourth-order valence-corrected chi connectivity index (χ4v) is 3.91. The molecule has 2 aliphatic heterocycles. The molecule has 2 saturated heterocycles. The summed E-state index contributed by atoms with van der Waals surface area (Å²) in [5.41, 5.74) is 1.12. The predicted octanol–water partition coefficient (Wildman–Crippen LogP) is -0.249. The molecule has 4 rings (SSSR count). The smallest absolute Gasteiger partial charge is 0.256 e. The van der Waals surface area contributed by atoms with Gasteiger partial charge < -0.3 is 19.6 Å². The van der Waals surface area contributed by atoms with Gasteiger partial charge in [-0.25, -0.2) is 4.98 Å². The van der Waals surface area contributed by atoms with Crippen LogP contribution in [0.3, 0.4) is 0 Å². The maximum atomic E-state index is 12.7. The van der Waals surface area contributed by atoms with Gasteiger partial charge in [0.05, 0.1) is 6.33 Å². The van der Waals surface area contributed by atoms with Crippen molar-refractivity contribution >= 4 is 17.5 Å². The molecule has 0 bridgehead atoms. The molecule has 10 heteroatoms. The van der Waals surface area contributed by atoms with Crippen LogP contribution in [0.15, 0.2) is 23.3 Å². The second kappa shape index (κ2) is 9.01. The third kappa shape index (κ3) is 4.68. The van der Waals surface area contributed by atoms with Crippen LogP contribution in [0.1, 0.15) is 11.3 Å². The van der Waals surface area contributed by atoms with Crippen molar-refractivity contribution < 1.29 is 4.79 Å². The van der Waals surface area contributed by atoms with E-state index < -0.39 is 0 Å². The van der Waals surface area contributed by atoms with Gasteiger partial charge in [-0.15, -0.1) is 10.2 Å². The number of anilines is 2. The molecule has 0 aromatic carbocycles. The van der Waals surface area contributed by atoms with Crippen molar-refractivity contribution in [2.24, 2.45) is 0 Å². The summed E-state index contributed by atoms with van der Waals surface area (Å²) in [5, 5.41) is 8.86. The zero-order valence-corrected chi connectivity index (χ0v) is 18.5. The summed E-state index contributed by atoms with van der Waals surface area (Å²) >= 11 is 0. The lowest BCUT2D eigenvalue weighted by atomic mass is 10.2. The van der Waals surface area contributed by atoms with Gasteiger partial charge in [-0.2, -0.15) is 0 Å². The summed E-state index contributed by atoms with van der Waals surface area (Å²) in [6.07, 6.45) is 1.45. The third-order valence-corrected chi connectivity index (χ3v) is 6.24. The average Bonchev–Trinajstić information content (AvgIpc) is 2.80. The Morgan fingerprint density at radius 2 is 1.45 bits per heavy atom. The Kier molecular flexibility index (Phi) is 6.17. The first-order valence-electron chi connectivity index (χ1n) is 10.7. The van der Waals surface area contributed by atoms with Gasteiger partial charge in [0.25, 0.3) is 5.56 Å². The van der Waals surface area contributed by atoms with Gasteiger partial charge in [0.15, 0.2) is 11.6 Å². The number of nitrogens with zero attached hydrogens (tertiary/aromatic N) is 8. The van der Waals surface area contributed by atoms with E-state index in [9.17, 15) is 9.59 Å². The minimum atomic E-state index is -0.157. The van der Waals surface area contributed by atoms with Crippen molar-refractivity contribution in [1.29, 1.82) is 0 Å². The quantitative estimate of drug-likeness (QED) is 0.661. The Hall–Kier alpha value is -3.01. The number of rotatable bonds is 4. The Morgan fingerprint density at radius 1 is 0.903 bits per heavy atom. The lowest BCUT2D eigenvalue weighted by Gasteiger charge is -2.36. The number of hydrogen-bond acceptors (Lipinski definition) is 8. The van der Waals surface area contributed by atoms with Gasteiger partial charge in [-0.3, -0.25) is 14.2 Å². The molecule has 166 valence electrons. The number of hydrogen-bond donors (Lipinski definition) is 0. The van der Waals surface area contributed by atoms with E-state index in [1.807, 2.05) is 12.1 Å². The molecule has 0 spiro atoms. The van der Waals surface area contributed by atoms with Crippen molar-refractivity contribution in [2.75, 3.05) is 69.2 Å². The molecule has 31 heavy (non-hydrogen) atoms. The average molecular weight is 427 g/mol. The zero-order chi connectivity index (χ0) is 22.0. The van der Waals surface area contributed by atoms with Gasteiger partial charge in [0, 0.05) is 63.6 Å². The van der Waals surface area contributed by atoms with Gasteiger partial charge in [0.2, 0.25) is 5.91 Å². The van der Waals surface area contributed by atoms with Crippen LogP contribution in [0.2, 0.25) is 0 Å². The van der Waals surface area contributed by atoms with Crippen LogP contribution in [-0.2, 0) is 11.3 Å². The molecule has 2 fully saturated rings. The van der Waals surface area contributed by atoms with Gasteiger partial charge in [0.1, 0.15) is 6.54 Å². The van der Waals surface area contributed by atoms with E-state index in [1.54, 1.807) is 18.7 Å². The van der Waals surface area contributed by atoms with Crippen LogP contribution in [0.25, 0.3) is 0 Å². The lowest BCUT2D eigenvalue weighted by Crippen LogP contribution is -2.50. The van der Waals surface area contributed by atoms with E-state index in [-0.39, 0.29) is 18.0 Å². The fraction of sp³-hybridized carbons (Fsp3) is 0.571. The number of carbonyl (C=O) groups is 1. The van der Waals surface area contributed by atoms with Crippen molar-refractivity contribution in [3.05, 3.63) is 40.1 Å². The zero-order valence-electron chi connectivity index (χ0n) is 18.5. The van der Waals surface area contributed by atoms with Gasteiger partial charge >= 0.3 is 0 Å². The van der Waals surface area contributed by atoms with Crippen LogP contribution < -0.4 is 15.4 Å². The first-order valence-corrected chi connectivity index (χ1v) is 10.7. The number of aromatic nitrogens is 4. The van der Waals surface area contributed by atoms with Gasteiger partial charge in [-0.1, -0.05) is 0 Å². The summed E-state index contributed by atoms with van der Waals surface area (Å²) in [4.78, 5) is 37.7. The van der Waals surface area contributed by atoms with Crippen molar-refractivity contribution in [3.8, 4) is 0 Å². The summed E-state index contributed by atoms with van der Waals surface area (Å²) in [5.74, 6) is 1.68. The minimum Gasteiger partial charge on any atom is -0.353 e. The minimum absolute atomic E-state index is 0.0203. The number of amides is 1. The van der Waals surface area contributed by atoms with E-state index >= 15 is 0 Å². The molecular formula is C21H30N8O2. The Labute approximate surface area is 182 Å². The maximum Gasteiger partial charge on any atom is 0.256 e. The maximum absolute atomic E-state index is 12.7. The lowest BCUT2D eigenvalue weighted by molar-refractivity contribution is -0.132. The summed E-state index contributed by atoms with van der Waals surface area (Å²) in [6.45, 7) is 10.1. The summed E-state index contributed by atoms with van der Waals surface area (Å²) < 4.78 is 1.39. The van der Waals surface area contributed by atoms with Crippen LogP contribution >= 0.6 is 0 Å². The molecule has 2 aromatic rings. The summed E-state index contributed by atoms with van der Waals surface area (Å²) in [7, 11) is 2.13. The predicted molar refractivity (Wildman–Crippen MR) is 119 cm³/mol.